The highest BCUT2D eigenvalue weighted by molar-refractivity contribution is 5.88. The molecule has 4 rings (SSSR count). The summed E-state index contributed by atoms with van der Waals surface area (Å²) in [7, 11) is 2.77. The average molecular weight is 457 g/mol. The predicted octanol–water partition coefficient (Wildman–Crippen LogP) is 2.84. The van der Waals surface area contributed by atoms with Gasteiger partial charge in [0.05, 0.1) is 13.0 Å². The maximum Gasteiger partial charge on any atom is 0.345 e. The summed E-state index contributed by atoms with van der Waals surface area (Å²) < 4.78 is 11.2. The topological polar surface area (TPSA) is 134 Å². The number of fused-ring (bicyclic) bond motifs is 1. The third-order valence-corrected chi connectivity index (χ3v) is 5.88. The molecule has 3 aromatic rings. The van der Waals surface area contributed by atoms with E-state index in [1.54, 1.807) is 12.3 Å². The van der Waals surface area contributed by atoms with Gasteiger partial charge in [0.15, 0.2) is 0 Å². The summed E-state index contributed by atoms with van der Waals surface area (Å²) in [4.78, 5) is 20.7. The standard InChI is InChI=1S/C26H24N4O4/c1-33-22-14-20-17(13-18-15-29-25(28)30-23(18)27)9-6-10-19(20)21(26(22,34-2)24(31)32)12-11-16-7-4-3-5-8-16/h3-10,14-15,21H,13H2,1-2H3,(H,31,32)(H4,27,28,29,30). The summed E-state index contributed by atoms with van der Waals surface area (Å²) in [5.74, 6) is 4.75. The van der Waals surface area contributed by atoms with E-state index >= 15 is 0 Å². The van der Waals surface area contributed by atoms with Crippen LogP contribution in [0.1, 0.15) is 33.7 Å². The number of aliphatic carboxylic acids is 1. The molecule has 0 saturated carbocycles. The Hall–Kier alpha value is -4.35. The number of rotatable bonds is 5. The van der Waals surface area contributed by atoms with Crippen molar-refractivity contribution < 1.29 is 19.4 Å². The predicted molar refractivity (Wildman–Crippen MR) is 129 cm³/mol. The van der Waals surface area contributed by atoms with Crippen LogP contribution in [0.2, 0.25) is 0 Å². The van der Waals surface area contributed by atoms with Gasteiger partial charge in [-0.3, -0.25) is 0 Å². The number of carboxylic acids is 1. The van der Waals surface area contributed by atoms with Crippen LogP contribution < -0.4 is 11.5 Å². The second-order valence-corrected chi connectivity index (χ2v) is 7.76. The first-order valence-corrected chi connectivity index (χ1v) is 10.5. The summed E-state index contributed by atoms with van der Waals surface area (Å²) in [6.45, 7) is 0. The van der Waals surface area contributed by atoms with E-state index in [9.17, 15) is 9.90 Å². The minimum absolute atomic E-state index is 0.0977. The van der Waals surface area contributed by atoms with Gasteiger partial charge in [-0.25, -0.2) is 9.78 Å². The lowest BCUT2D eigenvalue weighted by Gasteiger charge is -2.38. The van der Waals surface area contributed by atoms with E-state index in [0.717, 1.165) is 16.7 Å². The Morgan fingerprint density at radius 3 is 2.53 bits per heavy atom. The van der Waals surface area contributed by atoms with Crippen molar-refractivity contribution in [2.24, 2.45) is 0 Å². The van der Waals surface area contributed by atoms with Crippen molar-refractivity contribution in [2.45, 2.75) is 17.9 Å². The number of benzene rings is 2. The van der Waals surface area contributed by atoms with Crippen LogP contribution in [0.4, 0.5) is 11.8 Å². The zero-order valence-corrected chi connectivity index (χ0v) is 18.8. The molecule has 2 unspecified atom stereocenters. The van der Waals surface area contributed by atoms with Crippen molar-refractivity contribution in [3.8, 4) is 11.8 Å². The SMILES string of the molecule is COC1=Cc2c(Cc3cnc(N)nc3N)cccc2C(C#Cc2ccccc2)C1(OC)C(=O)O. The van der Waals surface area contributed by atoms with Gasteiger partial charge in [-0.1, -0.05) is 48.2 Å². The van der Waals surface area contributed by atoms with Crippen LogP contribution in [0.25, 0.3) is 6.08 Å². The first kappa shape index (κ1) is 22.8. The van der Waals surface area contributed by atoms with Crippen LogP contribution in [-0.2, 0) is 20.7 Å². The quantitative estimate of drug-likeness (QED) is 0.499. The molecule has 5 N–H and O–H groups in total. The molecular weight excluding hydrogens is 432 g/mol. The number of carboxylic acid groups (broad SMARTS) is 1. The van der Waals surface area contributed by atoms with Crippen LogP contribution in [0.3, 0.4) is 0 Å². The smallest absolute Gasteiger partial charge is 0.345 e. The molecule has 172 valence electrons. The average Bonchev–Trinajstić information content (AvgIpc) is 2.84. The molecule has 8 nitrogen and oxygen atoms in total. The Balaban J connectivity index is 1.91. The summed E-state index contributed by atoms with van der Waals surface area (Å²) in [6, 6.07) is 15.0. The summed E-state index contributed by atoms with van der Waals surface area (Å²) in [6.07, 6.45) is 3.69. The van der Waals surface area contributed by atoms with Crippen LogP contribution in [-0.4, -0.2) is 40.9 Å². The highest BCUT2D eigenvalue weighted by atomic mass is 16.6. The van der Waals surface area contributed by atoms with Crippen LogP contribution in [0.15, 0.2) is 60.5 Å². The van der Waals surface area contributed by atoms with E-state index in [1.165, 1.54) is 14.2 Å². The second-order valence-electron chi connectivity index (χ2n) is 7.76. The van der Waals surface area contributed by atoms with Crippen LogP contribution in [0, 0.1) is 11.8 Å². The van der Waals surface area contributed by atoms with E-state index in [0.29, 0.717) is 17.5 Å². The summed E-state index contributed by atoms with van der Waals surface area (Å²) >= 11 is 0. The first-order chi connectivity index (χ1) is 16.4. The second kappa shape index (κ2) is 9.25. The van der Waals surface area contributed by atoms with Gasteiger partial charge in [-0.15, -0.1) is 0 Å². The Labute approximate surface area is 197 Å². The van der Waals surface area contributed by atoms with Gasteiger partial charge in [0.25, 0.3) is 0 Å². The van der Waals surface area contributed by atoms with Gasteiger partial charge in [-0.05, 0) is 34.9 Å². The molecule has 8 heteroatoms. The molecule has 1 heterocycles. The van der Waals surface area contributed by atoms with Gasteiger partial charge in [-0.2, -0.15) is 4.98 Å². The number of ether oxygens (including phenoxy) is 2. The molecule has 1 aliphatic carbocycles. The molecule has 34 heavy (non-hydrogen) atoms. The number of aromatic nitrogens is 2. The minimum atomic E-state index is -1.81. The molecule has 0 fully saturated rings. The zero-order chi connectivity index (χ0) is 24.3. The zero-order valence-electron chi connectivity index (χ0n) is 18.8. The third-order valence-electron chi connectivity index (χ3n) is 5.88. The van der Waals surface area contributed by atoms with E-state index in [2.05, 4.69) is 21.8 Å². The van der Waals surface area contributed by atoms with E-state index < -0.39 is 17.5 Å². The first-order valence-electron chi connectivity index (χ1n) is 10.5. The largest absolute Gasteiger partial charge is 0.497 e. The Bertz CT molecular complexity index is 1330. The van der Waals surface area contributed by atoms with Gasteiger partial charge in [0.1, 0.15) is 11.6 Å². The van der Waals surface area contributed by atoms with Crippen molar-refractivity contribution in [2.75, 3.05) is 25.7 Å². The number of methoxy groups -OCH3 is 2. The fraction of sp³-hybridized carbons (Fsp3) is 0.192. The lowest BCUT2D eigenvalue weighted by molar-refractivity contribution is -0.162. The van der Waals surface area contributed by atoms with Crippen molar-refractivity contribution in [1.29, 1.82) is 0 Å². The van der Waals surface area contributed by atoms with Crippen LogP contribution in [0.5, 0.6) is 0 Å². The number of hydrogen-bond donors (Lipinski definition) is 3. The molecule has 0 aliphatic heterocycles. The number of nitrogens with zero attached hydrogens (tertiary/aromatic N) is 2. The number of hydrogen-bond acceptors (Lipinski definition) is 7. The van der Waals surface area contributed by atoms with Gasteiger partial charge in [0.2, 0.25) is 11.5 Å². The van der Waals surface area contributed by atoms with Crippen molar-refractivity contribution in [1.82, 2.24) is 9.97 Å². The number of nitrogens with two attached hydrogens (primary N) is 2. The summed E-state index contributed by atoms with van der Waals surface area (Å²) in [5, 5.41) is 10.3. The molecule has 0 radical (unpaired) electrons. The van der Waals surface area contributed by atoms with E-state index in [-0.39, 0.29) is 17.5 Å². The van der Waals surface area contributed by atoms with Crippen molar-refractivity contribution in [3.05, 3.63) is 88.3 Å². The van der Waals surface area contributed by atoms with Gasteiger partial charge in [0, 0.05) is 30.9 Å². The number of anilines is 2. The van der Waals surface area contributed by atoms with Gasteiger partial charge >= 0.3 is 5.97 Å². The highest BCUT2D eigenvalue weighted by Gasteiger charge is 2.54. The van der Waals surface area contributed by atoms with Gasteiger partial charge < -0.3 is 26.0 Å². The van der Waals surface area contributed by atoms with Crippen molar-refractivity contribution >= 4 is 23.8 Å². The maximum atomic E-state index is 12.6. The van der Waals surface area contributed by atoms with E-state index in [1.807, 2.05) is 48.5 Å². The maximum absolute atomic E-state index is 12.6. The fourth-order valence-corrected chi connectivity index (χ4v) is 4.19. The third kappa shape index (κ3) is 3.93. The molecule has 0 amide bonds. The molecule has 1 aliphatic rings. The fourth-order valence-electron chi connectivity index (χ4n) is 4.19. The monoisotopic (exact) mass is 456 g/mol. The Morgan fingerprint density at radius 2 is 1.88 bits per heavy atom. The highest BCUT2D eigenvalue weighted by Crippen LogP contribution is 2.45. The van der Waals surface area contributed by atoms with E-state index in [4.69, 9.17) is 20.9 Å². The normalized spacial score (nSPS) is 18.8. The lowest BCUT2D eigenvalue weighted by Crippen LogP contribution is -2.50. The molecule has 2 aromatic carbocycles. The number of carbonyl (C=O) groups is 1. The lowest BCUT2D eigenvalue weighted by atomic mass is 9.73. The minimum Gasteiger partial charge on any atom is -0.497 e. The summed E-state index contributed by atoms with van der Waals surface area (Å²) in [5.41, 5.74) is 13.7. The molecular formula is C26H24N4O4. The molecule has 0 spiro atoms. The Kier molecular flexibility index (Phi) is 6.21. The molecule has 1 aromatic heterocycles. The van der Waals surface area contributed by atoms with Crippen molar-refractivity contribution in [3.63, 3.8) is 0 Å². The molecule has 0 saturated heterocycles. The van der Waals surface area contributed by atoms with Crippen LogP contribution >= 0.6 is 0 Å². The molecule has 0 bridgehead atoms. The number of nitrogen functional groups attached to an aromatic ring is 2. The Morgan fingerprint density at radius 1 is 1.12 bits per heavy atom. The molecule has 2 atom stereocenters.